The van der Waals surface area contributed by atoms with Crippen molar-refractivity contribution in [2.45, 2.75) is 51.8 Å². The summed E-state index contributed by atoms with van der Waals surface area (Å²) >= 11 is 0. The number of amides is 1. The van der Waals surface area contributed by atoms with Crippen molar-refractivity contribution in [2.75, 3.05) is 6.54 Å². The Morgan fingerprint density at radius 2 is 1.61 bits per heavy atom. The van der Waals surface area contributed by atoms with Crippen LogP contribution in [0.15, 0.2) is 97.1 Å². The number of benzene rings is 4. The minimum Gasteiger partial charge on any atom is -0.461 e. The van der Waals surface area contributed by atoms with Crippen LogP contribution in [0.25, 0.3) is 11.0 Å². The van der Waals surface area contributed by atoms with Crippen LogP contribution in [0.2, 0.25) is 0 Å². The van der Waals surface area contributed by atoms with Crippen molar-refractivity contribution < 1.29 is 13.9 Å². The van der Waals surface area contributed by atoms with Crippen molar-refractivity contribution in [2.24, 2.45) is 0 Å². The molecule has 1 aliphatic rings. The number of aryl methyl sites for hydroxylation is 2. The molecule has 6 rings (SSSR count). The normalized spacial score (nSPS) is 17.1. The molecule has 1 aromatic heterocycles. The van der Waals surface area contributed by atoms with E-state index in [1.54, 1.807) is 12.1 Å². The monoisotopic (exact) mass is 547 g/mol. The van der Waals surface area contributed by atoms with Gasteiger partial charge in [0.15, 0.2) is 0 Å². The summed E-state index contributed by atoms with van der Waals surface area (Å²) in [5, 5.41) is 0. The molecule has 0 saturated carbocycles. The van der Waals surface area contributed by atoms with E-state index in [1.807, 2.05) is 73.3 Å². The van der Waals surface area contributed by atoms with Crippen molar-refractivity contribution in [3.8, 4) is 6.01 Å². The van der Waals surface area contributed by atoms with Crippen LogP contribution in [0, 0.1) is 19.7 Å². The van der Waals surface area contributed by atoms with Crippen LogP contribution in [0.4, 0.5) is 4.39 Å². The van der Waals surface area contributed by atoms with Crippen LogP contribution in [-0.2, 0) is 13.0 Å². The third-order valence-electron chi connectivity index (χ3n) is 7.86. The number of imidazole rings is 1. The first kappa shape index (κ1) is 26.8. The Labute approximate surface area is 240 Å². The molecule has 41 heavy (non-hydrogen) atoms. The predicted octanol–water partition coefficient (Wildman–Crippen LogP) is 7.14. The number of nitrogens with zero attached hydrogens (tertiary/aromatic N) is 3. The third-order valence-corrected chi connectivity index (χ3v) is 7.86. The van der Waals surface area contributed by atoms with E-state index < -0.39 is 0 Å². The summed E-state index contributed by atoms with van der Waals surface area (Å²) in [6.07, 6.45) is 2.06. The highest BCUT2D eigenvalue weighted by atomic mass is 19.1. The molecule has 0 N–H and O–H groups in total. The van der Waals surface area contributed by atoms with E-state index in [0.29, 0.717) is 31.9 Å². The molecule has 5 nitrogen and oxygen atoms in total. The Kier molecular flexibility index (Phi) is 7.55. The fourth-order valence-electron chi connectivity index (χ4n) is 5.95. The molecule has 4 aromatic carbocycles. The molecule has 0 unspecified atom stereocenters. The van der Waals surface area contributed by atoms with Gasteiger partial charge in [-0.1, -0.05) is 71.8 Å². The molecule has 0 spiro atoms. The van der Waals surface area contributed by atoms with Crippen LogP contribution in [-0.4, -0.2) is 39.0 Å². The Hall–Kier alpha value is -4.45. The number of piperidine rings is 1. The van der Waals surface area contributed by atoms with Crippen LogP contribution in [0.5, 0.6) is 6.01 Å². The van der Waals surface area contributed by atoms with Crippen LogP contribution in [0.3, 0.4) is 0 Å². The Balaban J connectivity index is 1.28. The Morgan fingerprint density at radius 1 is 0.902 bits per heavy atom. The van der Waals surface area contributed by atoms with E-state index in [9.17, 15) is 9.18 Å². The standard InChI is InChI=1S/C35H34FN3O2/c1-24-18-25(2)20-28(19-24)34(40)38-17-16-31(22-30(38)21-26-8-4-3-5-9-26)41-35-37-32-10-6-7-11-33(32)39(35)23-27-12-14-29(36)15-13-27/h3-15,18-20,30-31H,16-17,21-23H2,1-2H3/t30-,31-/m1/s1. The molecule has 1 amide bonds. The van der Waals surface area contributed by atoms with E-state index >= 15 is 0 Å². The molecule has 1 saturated heterocycles. The summed E-state index contributed by atoms with van der Waals surface area (Å²) in [6, 6.07) is 31.4. The summed E-state index contributed by atoms with van der Waals surface area (Å²) in [5.41, 5.74) is 6.90. The zero-order chi connectivity index (χ0) is 28.3. The second-order valence-corrected chi connectivity index (χ2v) is 11.1. The molecule has 1 aliphatic heterocycles. The summed E-state index contributed by atoms with van der Waals surface area (Å²) in [6.45, 7) is 5.19. The average molecular weight is 548 g/mol. The van der Waals surface area contributed by atoms with Gasteiger partial charge < -0.3 is 9.64 Å². The second-order valence-electron chi connectivity index (χ2n) is 11.1. The summed E-state index contributed by atoms with van der Waals surface area (Å²) in [5.74, 6) is -0.188. The van der Waals surface area contributed by atoms with Gasteiger partial charge in [-0.25, -0.2) is 4.39 Å². The maximum atomic E-state index is 13.8. The van der Waals surface area contributed by atoms with E-state index in [4.69, 9.17) is 9.72 Å². The zero-order valence-corrected chi connectivity index (χ0v) is 23.5. The number of aromatic nitrogens is 2. The molecule has 5 aromatic rings. The average Bonchev–Trinajstić information content (AvgIpc) is 3.30. The molecular formula is C35H34FN3O2. The molecule has 0 bridgehead atoms. The lowest BCUT2D eigenvalue weighted by Crippen LogP contribution is -2.50. The van der Waals surface area contributed by atoms with Gasteiger partial charge in [0.25, 0.3) is 11.9 Å². The smallest absolute Gasteiger partial charge is 0.297 e. The molecule has 1 fully saturated rings. The summed E-state index contributed by atoms with van der Waals surface area (Å²) < 4.78 is 22.3. The van der Waals surface area contributed by atoms with E-state index in [1.165, 1.54) is 17.7 Å². The van der Waals surface area contributed by atoms with Gasteiger partial charge in [0.2, 0.25) is 0 Å². The van der Waals surface area contributed by atoms with Gasteiger partial charge in [-0.05, 0) is 67.8 Å². The van der Waals surface area contributed by atoms with Gasteiger partial charge >= 0.3 is 0 Å². The van der Waals surface area contributed by atoms with Gasteiger partial charge in [-0.2, -0.15) is 4.98 Å². The highest BCUT2D eigenvalue weighted by Gasteiger charge is 2.34. The van der Waals surface area contributed by atoms with Crippen LogP contribution in [0.1, 0.15) is 45.5 Å². The first-order valence-electron chi connectivity index (χ1n) is 14.2. The minimum atomic E-state index is -0.257. The van der Waals surface area contributed by atoms with E-state index in [0.717, 1.165) is 39.7 Å². The number of para-hydroxylation sites is 2. The molecule has 0 radical (unpaired) electrons. The van der Waals surface area contributed by atoms with Crippen LogP contribution >= 0.6 is 0 Å². The molecular weight excluding hydrogens is 513 g/mol. The summed E-state index contributed by atoms with van der Waals surface area (Å²) in [7, 11) is 0. The third kappa shape index (κ3) is 6.02. The topological polar surface area (TPSA) is 47.4 Å². The van der Waals surface area contributed by atoms with Gasteiger partial charge in [-0.3, -0.25) is 9.36 Å². The van der Waals surface area contributed by atoms with E-state index in [-0.39, 0.29) is 23.9 Å². The molecule has 0 aliphatic carbocycles. The fourth-order valence-corrected chi connectivity index (χ4v) is 5.95. The Morgan fingerprint density at radius 3 is 2.37 bits per heavy atom. The van der Waals surface area contributed by atoms with Crippen molar-refractivity contribution >= 4 is 16.9 Å². The first-order valence-corrected chi connectivity index (χ1v) is 14.2. The van der Waals surface area contributed by atoms with Crippen molar-refractivity contribution in [1.29, 1.82) is 0 Å². The predicted molar refractivity (Wildman–Crippen MR) is 160 cm³/mol. The first-order chi connectivity index (χ1) is 19.9. The van der Waals surface area contributed by atoms with Gasteiger partial charge in [0, 0.05) is 31.0 Å². The van der Waals surface area contributed by atoms with Gasteiger partial charge in [0.1, 0.15) is 11.9 Å². The minimum absolute atomic E-state index is 0.0144. The number of carbonyl (C=O) groups excluding carboxylic acids is 1. The Bertz CT molecular complexity index is 1640. The number of hydrogen-bond donors (Lipinski definition) is 0. The van der Waals surface area contributed by atoms with Crippen molar-refractivity contribution in [3.63, 3.8) is 0 Å². The lowest BCUT2D eigenvalue weighted by molar-refractivity contribution is 0.0362. The number of hydrogen-bond acceptors (Lipinski definition) is 3. The van der Waals surface area contributed by atoms with Gasteiger partial charge in [0.05, 0.1) is 17.6 Å². The van der Waals surface area contributed by atoms with Crippen LogP contribution < -0.4 is 4.74 Å². The molecule has 2 atom stereocenters. The lowest BCUT2D eigenvalue weighted by atomic mass is 9.92. The zero-order valence-electron chi connectivity index (χ0n) is 23.5. The number of halogens is 1. The van der Waals surface area contributed by atoms with Crippen molar-refractivity contribution in [1.82, 2.24) is 14.5 Å². The number of ether oxygens (including phenoxy) is 1. The lowest BCUT2D eigenvalue weighted by Gasteiger charge is -2.39. The highest BCUT2D eigenvalue weighted by molar-refractivity contribution is 5.95. The van der Waals surface area contributed by atoms with Gasteiger partial charge in [-0.15, -0.1) is 0 Å². The number of rotatable bonds is 7. The second kappa shape index (κ2) is 11.6. The molecule has 2 heterocycles. The highest BCUT2D eigenvalue weighted by Crippen LogP contribution is 2.29. The quantitative estimate of drug-likeness (QED) is 0.218. The SMILES string of the molecule is Cc1cc(C)cc(C(=O)N2CC[C@@H](Oc3nc4ccccc4n3Cc3ccc(F)cc3)C[C@H]2Cc2ccccc2)c1. The maximum absolute atomic E-state index is 13.8. The fraction of sp³-hybridized carbons (Fsp3) is 0.257. The largest absolute Gasteiger partial charge is 0.461 e. The maximum Gasteiger partial charge on any atom is 0.297 e. The number of carbonyl (C=O) groups is 1. The molecule has 6 heteroatoms. The molecule has 208 valence electrons. The van der Waals surface area contributed by atoms with E-state index in [2.05, 4.69) is 22.8 Å². The summed E-state index contributed by atoms with van der Waals surface area (Å²) in [4.78, 5) is 20.7. The number of fused-ring (bicyclic) bond motifs is 1. The number of likely N-dealkylation sites (tertiary alicyclic amines) is 1. The van der Waals surface area contributed by atoms with Crippen molar-refractivity contribution in [3.05, 3.63) is 131 Å².